The minimum Gasteiger partial charge on any atom is -0.351 e. The van der Waals surface area contributed by atoms with Gasteiger partial charge in [-0.05, 0) is 44.7 Å². The van der Waals surface area contributed by atoms with Gasteiger partial charge in [0.05, 0.1) is 6.04 Å². The van der Waals surface area contributed by atoms with Crippen molar-refractivity contribution in [3.63, 3.8) is 0 Å². The van der Waals surface area contributed by atoms with Crippen LogP contribution in [0.1, 0.15) is 56.3 Å². The molecule has 3 heterocycles. The van der Waals surface area contributed by atoms with Crippen molar-refractivity contribution >= 4 is 5.82 Å². The molecule has 0 spiro atoms. The van der Waals surface area contributed by atoms with Crippen molar-refractivity contribution in [1.82, 2.24) is 25.7 Å². The van der Waals surface area contributed by atoms with Gasteiger partial charge in [0.25, 0.3) is 0 Å². The highest BCUT2D eigenvalue weighted by atomic mass is 16.5. The van der Waals surface area contributed by atoms with Gasteiger partial charge in [0.2, 0.25) is 5.89 Å². The molecule has 2 fully saturated rings. The molecule has 2 aromatic heterocycles. The molecular weight excluding hydrogens is 292 g/mol. The van der Waals surface area contributed by atoms with Gasteiger partial charge in [0.15, 0.2) is 11.6 Å². The maximum atomic E-state index is 5.39. The van der Waals surface area contributed by atoms with Gasteiger partial charge in [-0.1, -0.05) is 5.16 Å². The van der Waals surface area contributed by atoms with Gasteiger partial charge < -0.3 is 14.7 Å². The molecule has 23 heavy (non-hydrogen) atoms. The van der Waals surface area contributed by atoms with E-state index < -0.39 is 0 Å². The first-order valence-electron chi connectivity index (χ1n) is 8.42. The van der Waals surface area contributed by atoms with E-state index >= 15 is 0 Å². The van der Waals surface area contributed by atoms with E-state index in [1.165, 1.54) is 19.3 Å². The van der Waals surface area contributed by atoms with Gasteiger partial charge in [-0.25, -0.2) is 0 Å². The number of nitrogens with one attached hydrogen (secondary N) is 1. The molecular formula is C16H22N6O. The van der Waals surface area contributed by atoms with E-state index in [-0.39, 0.29) is 6.04 Å². The summed E-state index contributed by atoms with van der Waals surface area (Å²) in [6.45, 7) is 3.98. The summed E-state index contributed by atoms with van der Waals surface area (Å²) in [7, 11) is 0. The van der Waals surface area contributed by atoms with Crippen LogP contribution in [0, 0.1) is 0 Å². The van der Waals surface area contributed by atoms with Gasteiger partial charge >= 0.3 is 0 Å². The summed E-state index contributed by atoms with van der Waals surface area (Å²) in [5, 5.41) is 15.8. The minimum absolute atomic E-state index is 0.0688. The zero-order chi connectivity index (χ0) is 15.6. The Morgan fingerprint density at radius 3 is 3.09 bits per heavy atom. The molecule has 1 aliphatic carbocycles. The Morgan fingerprint density at radius 1 is 1.39 bits per heavy atom. The lowest BCUT2D eigenvalue weighted by Gasteiger charge is -2.26. The zero-order valence-electron chi connectivity index (χ0n) is 13.4. The molecule has 0 unspecified atom stereocenters. The Kier molecular flexibility index (Phi) is 3.95. The second-order valence-electron chi connectivity index (χ2n) is 6.47. The molecule has 1 N–H and O–H groups in total. The predicted octanol–water partition coefficient (Wildman–Crippen LogP) is 2.06. The van der Waals surface area contributed by atoms with E-state index in [2.05, 4.69) is 37.5 Å². The highest BCUT2D eigenvalue weighted by Crippen LogP contribution is 2.38. The van der Waals surface area contributed by atoms with Crippen LogP contribution < -0.4 is 10.2 Å². The standard InChI is InChI=1S/C16H22N6O/c1-11(16-19-15(21-23-16)12-6-7-12)17-10-13-4-3-9-22(13)14-5-2-8-18-20-14/h2,5,8,11-13,17H,3-4,6-7,9-10H2,1H3/t11-,13-/m0/s1. The van der Waals surface area contributed by atoms with Gasteiger partial charge in [0, 0.05) is 31.2 Å². The van der Waals surface area contributed by atoms with Crippen molar-refractivity contribution in [3.8, 4) is 0 Å². The number of anilines is 1. The molecule has 7 nitrogen and oxygen atoms in total. The largest absolute Gasteiger partial charge is 0.351 e. The Bertz CT molecular complexity index is 641. The highest BCUT2D eigenvalue weighted by molar-refractivity contribution is 5.39. The van der Waals surface area contributed by atoms with Crippen LogP contribution in [0.15, 0.2) is 22.9 Å². The molecule has 0 aromatic carbocycles. The summed E-state index contributed by atoms with van der Waals surface area (Å²) in [4.78, 5) is 6.85. The summed E-state index contributed by atoms with van der Waals surface area (Å²) in [6.07, 6.45) is 6.44. The number of aromatic nitrogens is 4. The molecule has 2 atom stereocenters. The van der Waals surface area contributed by atoms with Gasteiger partial charge in [-0.15, -0.1) is 5.10 Å². The fourth-order valence-electron chi connectivity index (χ4n) is 3.13. The summed E-state index contributed by atoms with van der Waals surface area (Å²) in [6, 6.07) is 4.46. The molecule has 0 bridgehead atoms. The van der Waals surface area contributed by atoms with Crippen LogP contribution in [-0.2, 0) is 0 Å². The SMILES string of the molecule is C[C@H](NC[C@@H]1CCCN1c1cccnn1)c1nc(C2CC2)no1. The van der Waals surface area contributed by atoms with Crippen LogP contribution in [0.4, 0.5) is 5.82 Å². The fraction of sp³-hybridized carbons (Fsp3) is 0.625. The summed E-state index contributed by atoms with van der Waals surface area (Å²) in [5.41, 5.74) is 0. The van der Waals surface area contributed by atoms with Crippen LogP contribution >= 0.6 is 0 Å². The molecule has 1 saturated heterocycles. The summed E-state index contributed by atoms with van der Waals surface area (Å²) >= 11 is 0. The second kappa shape index (κ2) is 6.23. The maximum Gasteiger partial charge on any atom is 0.243 e. The molecule has 2 aromatic rings. The Hall–Kier alpha value is -2.02. The van der Waals surface area contributed by atoms with E-state index in [0.717, 1.165) is 31.2 Å². The third-order valence-corrected chi connectivity index (χ3v) is 4.66. The molecule has 0 amide bonds. The lowest BCUT2D eigenvalue weighted by atomic mass is 10.2. The van der Waals surface area contributed by atoms with Crippen LogP contribution in [0.5, 0.6) is 0 Å². The zero-order valence-corrected chi connectivity index (χ0v) is 13.4. The predicted molar refractivity (Wildman–Crippen MR) is 85.1 cm³/mol. The van der Waals surface area contributed by atoms with Crippen molar-refractivity contribution in [1.29, 1.82) is 0 Å². The second-order valence-corrected chi connectivity index (χ2v) is 6.47. The van der Waals surface area contributed by atoms with Crippen molar-refractivity contribution in [2.75, 3.05) is 18.0 Å². The van der Waals surface area contributed by atoms with E-state index in [4.69, 9.17) is 4.52 Å². The lowest BCUT2D eigenvalue weighted by molar-refractivity contribution is 0.333. The number of rotatable bonds is 6. The normalized spacial score (nSPS) is 22.5. The first-order chi connectivity index (χ1) is 11.3. The van der Waals surface area contributed by atoms with Gasteiger partial charge in [0.1, 0.15) is 0 Å². The first kappa shape index (κ1) is 14.6. The summed E-state index contributed by atoms with van der Waals surface area (Å²) < 4.78 is 5.39. The average Bonchev–Trinajstić information content (AvgIpc) is 3.14. The number of hydrogen-bond donors (Lipinski definition) is 1. The van der Waals surface area contributed by atoms with E-state index in [9.17, 15) is 0 Å². The topological polar surface area (TPSA) is 80.0 Å². The van der Waals surface area contributed by atoms with Crippen molar-refractivity contribution in [2.24, 2.45) is 0 Å². The van der Waals surface area contributed by atoms with Crippen LogP contribution in [0.3, 0.4) is 0 Å². The maximum absolute atomic E-state index is 5.39. The minimum atomic E-state index is 0.0688. The van der Waals surface area contributed by atoms with Crippen molar-refractivity contribution < 1.29 is 4.52 Å². The van der Waals surface area contributed by atoms with Crippen LogP contribution in [0.25, 0.3) is 0 Å². The molecule has 1 saturated carbocycles. The summed E-state index contributed by atoms with van der Waals surface area (Å²) in [5.74, 6) is 3.05. The van der Waals surface area contributed by atoms with E-state index in [1.54, 1.807) is 6.20 Å². The highest BCUT2D eigenvalue weighted by Gasteiger charge is 2.30. The Balaban J connectivity index is 1.35. The van der Waals surface area contributed by atoms with Gasteiger partial charge in [-0.3, -0.25) is 0 Å². The van der Waals surface area contributed by atoms with E-state index in [0.29, 0.717) is 17.9 Å². The Morgan fingerprint density at radius 2 is 2.30 bits per heavy atom. The quantitative estimate of drug-likeness (QED) is 0.874. The Labute approximate surface area is 135 Å². The first-order valence-corrected chi connectivity index (χ1v) is 8.42. The van der Waals surface area contributed by atoms with E-state index in [1.807, 2.05) is 12.1 Å². The average molecular weight is 314 g/mol. The van der Waals surface area contributed by atoms with Gasteiger partial charge in [-0.2, -0.15) is 10.1 Å². The molecule has 7 heteroatoms. The third kappa shape index (κ3) is 3.19. The molecule has 1 aliphatic heterocycles. The van der Waals surface area contributed by atoms with Crippen LogP contribution in [0.2, 0.25) is 0 Å². The monoisotopic (exact) mass is 314 g/mol. The number of hydrogen-bond acceptors (Lipinski definition) is 7. The number of nitrogens with zero attached hydrogens (tertiary/aromatic N) is 5. The van der Waals surface area contributed by atoms with Crippen molar-refractivity contribution in [2.45, 2.75) is 50.6 Å². The van der Waals surface area contributed by atoms with Crippen LogP contribution in [-0.4, -0.2) is 39.5 Å². The lowest BCUT2D eigenvalue weighted by Crippen LogP contribution is -2.39. The smallest absolute Gasteiger partial charge is 0.243 e. The molecule has 4 rings (SSSR count). The molecule has 2 aliphatic rings. The molecule has 122 valence electrons. The molecule has 0 radical (unpaired) electrons. The third-order valence-electron chi connectivity index (χ3n) is 4.66. The fourth-order valence-corrected chi connectivity index (χ4v) is 3.13. The van der Waals surface area contributed by atoms with Crippen molar-refractivity contribution in [3.05, 3.63) is 30.0 Å².